The third-order valence-corrected chi connectivity index (χ3v) is 3.54. The predicted octanol–water partition coefficient (Wildman–Crippen LogP) is 2.26. The molecule has 0 radical (unpaired) electrons. The summed E-state index contributed by atoms with van der Waals surface area (Å²) in [5.74, 6) is 0.579. The molecule has 21 heavy (non-hydrogen) atoms. The highest BCUT2D eigenvalue weighted by Gasteiger charge is 2.07. The number of hydrogen-bond donors (Lipinski definition) is 2. The highest BCUT2D eigenvalue weighted by molar-refractivity contribution is 6.42. The van der Waals surface area contributed by atoms with Crippen LogP contribution in [0.4, 0.5) is 0 Å². The van der Waals surface area contributed by atoms with E-state index >= 15 is 0 Å². The van der Waals surface area contributed by atoms with Gasteiger partial charge in [-0.05, 0) is 12.1 Å². The maximum Gasteiger partial charge on any atom is 0.121 e. The lowest BCUT2D eigenvalue weighted by Gasteiger charge is -2.13. The summed E-state index contributed by atoms with van der Waals surface area (Å²) in [5, 5.41) is 18.0. The normalized spacial score (nSPS) is 12.4. The van der Waals surface area contributed by atoms with Gasteiger partial charge in [-0.15, -0.1) is 0 Å². The topological polar surface area (TPSA) is 59.3 Å². The van der Waals surface area contributed by atoms with Crippen LogP contribution in [0.15, 0.2) is 30.6 Å². The summed E-state index contributed by atoms with van der Waals surface area (Å²) in [6, 6.07) is 5.00. The number of aliphatic hydroxyl groups excluding tert-OH is 1. The third kappa shape index (κ3) is 5.21. The number of nitrogens with zero attached hydrogens (tertiary/aromatic N) is 2. The van der Waals surface area contributed by atoms with Gasteiger partial charge in [0.25, 0.3) is 0 Å². The van der Waals surface area contributed by atoms with E-state index in [4.69, 9.17) is 27.9 Å². The summed E-state index contributed by atoms with van der Waals surface area (Å²) in [7, 11) is 1.86. The molecule has 0 fully saturated rings. The average Bonchev–Trinajstić information content (AvgIpc) is 2.86. The molecule has 0 aliphatic carbocycles. The molecule has 0 spiro atoms. The lowest BCUT2D eigenvalue weighted by Crippen LogP contribution is -2.31. The van der Waals surface area contributed by atoms with E-state index in [1.165, 1.54) is 0 Å². The molecule has 1 unspecified atom stereocenters. The number of nitrogens with one attached hydrogen (secondary N) is 1. The number of aliphatic hydroxyl groups is 1. The number of halogens is 2. The van der Waals surface area contributed by atoms with Gasteiger partial charge in [0.1, 0.15) is 18.5 Å². The lowest BCUT2D eigenvalue weighted by atomic mass is 10.3. The largest absolute Gasteiger partial charge is 0.491 e. The van der Waals surface area contributed by atoms with E-state index < -0.39 is 6.10 Å². The third-order valence-electron chi connectivity index (χ3n) is 2.80. The number of rotatable bonds is 7. The smallest absolute Gasteiger partial charge is 0.121 e. The SMILES string of the molecule is Cn1cc(CNCC(O)COc2ccc(Cl)c(Cl)c2)cn1. The van der Waals surface area contributed by atoms with Crippen molar-refractivity contribution in [2.24, 2.45) is 7.05 Å². The van der Waals surface area contributed by atoms with Crippen LogP contribution in [0.25, 0.3) is 0 Å². The molecule has 1 heterocycles. The van der Waals surface area contributed by atoms with E-state index in [-0.39, 0.29) is 6.61 Å². The van der Waals surface area contributed by atoms with Gasteiger partial charge in [0.05, 0.1) is 16.2 Å². The van der Waals surface area contributed by atoms with Crippen molar-refractivity contribution in [2.45, 2.75) is 12.6 Å². The van der Waals surface area contributed by atoms with Gasteiger partial charge in [-0.25, -0.2) is 0 Å². The number of aromatic nitrogens is 2. The Labute approximate surface area is 133 Å². The molecule has 1 aromatic heterocycles. The summed E-state index contributed by atoms with van der Waals surface area (Å²) in [4.78, 5) is 0. The Kier molecular flexibility index (Phi) is 5.87. The molecule has 1 aromatic carbocycles. The van der Waals surface area contributed by atoms with E-state index in [1.54, 1.807) is 29.1 Å². The van der Waals surface area contributed by atoms with Crippen LogP contribution in [0.5, 0.6) is 5.75 Å². The molecule has 2 aromatic rings. The molecule has 7 heteroatoms. The second kappa shape index (κ2) is 7.66. The summed E-state index contributed by atoms with van der Waals surface area (Å²) in [5.41, 5.74) is 1.06. The highest BCUT2D eigenvalue weighted by Crippen LogP contribution is 2.26. The number of hydrogen-bond acceptors (Lipinski definition) is 4. The van der Waals surface area contributed by atoms with E-state index in [1.807, 2.05) is 13.2 Å². The zero-order valence-electron chi connectivity index (χ0n) is 11.6. The van der Waals surface area contributed by atoms with Crippen LogP contribution in [0.1, 0.15) is 5.56 Å². The molecule has 0 amide bonds. The van der Waals surface area contributed by atoms with Gasteiger partial charge in [0.2, 0.25) is 0 Å². The molecule has 2 N–H and O–H groups in total. The summed E-state index contributed by atoms with van der Waals surface area (Å²) in [6.07, 6.45) is 3.09. The zero-order valence-corrected chi connectivity index (χ0v) is 13.1. The second-order valence-electron chi connectivity index (χ2n) is 4.69. The minimum Gasteiger partial charge on any atom is -0.491 e. The van der Waals surface area contributed by atoms with Crippen molar-refractivity contribution in [3.63, 3.8) is 0 Å². The van der Waals surface area contributed by atoms with Gasteiger partial charge in [0.15, 0.2) is 0 Å². The van der Waals surface area contributed by atoms with Crippen molar-refractivity contribution < 1.29 is 9.84 Å². The molecule has 2 rings (SSSR count). The van der Waals surface area contributed by atoms with Crippen LogP contribution < -0.4 is 10.1 Å². The zero-order chi connectivity index (χ0) is 15.2. The molecule has 0 saturated carbocycles. The first-order valence-corrected chi connectivity index (χ1v) is 7.24. The van der Waals surface area contributed by atoms with Crippen LogP contribution >= 0.6 is 23.2 Å². The number of aryl methyl sites for hydroxylation is 1. The van der Waals surface area contributed by atoms with Crippen LogP contribution in [-0.4, -0.2) is 34.1 Å². The first kappa shape index (κ1) is 16.1. The Morgan fingerprint density at radius 2 is 2.19 bits per heavy atom. The molecule has 0 bridgehead atoms. The fourth-order valence-electron chi connectivity index (χ4n) is 1.76. The van der Waals surface area contributed by atoms with Crippen molar-refractivity contribution in [1.29, 1.82) is 0 Å². The minimum absolute atomic E-state index is 0.179. The Bertz CT molecular complexity index is 589. The Morgan fingerprint density at radius 1 is 1.38 bits per heavy atom. The summed E-state index contributed by atoms with van der Waals surface area (Å²) in [6.45, 7) is 1.26. The second-order valence-corrected chi connectivity index (χ2v) is 5.51. The maximum atomic E-state index is 9.85. The molecular weight excluding hydrogens is 313 g/mol. The number of benzene rings is 1. The van der Waals surface area contributed by atoms with Crippen LogP contribution in [0.2, 0.25) is 10.0 Å². The standard InChI is InChI=1S/C14H17Cl2N3O2/c1-19-8-10(6-18-19)5-17-7-11(20)9-21-12-2-3-13(15)14(16)4-12/h2-4,6,8,11,17,20H,5,7,9H2,1H3. The first-order valence-electron chi connectivity index (χ1n) is 6.49. The van der Waals surface area contributed by atoms with Crippen LogP contribution in [0, 0.1) is 0 Å². The fraction of sp³-hybridized carbons (Fsp3) is 0.357. The van der Waals surface area contributed by atoms with Gasteiger partial charge in [-0.1, -0.05) is 23.2 Å². The average molecular weight is 330 g/mol. The molecule has 0 aliphatic rings. The maximum absolute atomic E-state index is 9.85. The van der Waals surface area contributed by atoms with Crippen molar-refractivity contribution in [2.75, 3.05) is 13.2 Å². The van der Waals surface area contributed by atoms with Crippen molar-refractivity contribution >= 4 is 23.2 Å². The Hall–Kier alpha value is -1.27. The molecule has 1 atom stereocenters. The summed E-state index contributed by atoms with van der Waals surface area (Å²) >= 11 is 11.7. The van der Waals surface area contributed by atoms with E-state index in [9.17, 15) is 5.11 Å². The lowest BCUT2D eigenvalue weighted by molar-refractivity contribution is 0.106. The van der Waals surface area contributed by atoms with Gasteiger partial charge in [-0.2, -0.15) is 5.10 Å². The van der Waals surface area contributed by atoms with E-state index in [0.29, 0.717) is 28.9 Å². The van der Waals surface area contributed by atoms with Gasteiger partial charge in [-0.3, -0.25) is 4.68 Å². The monoisotopic (exact) mass is 329 g/mol. The van der Waals surface area contributed by atoms with Gasteiger partial charge < -0.3 is 15.2 Å². The molecule has 114 valence electrons. The highest BCUT2D eigenvalue weighted by atomic mass is 35.5. The van der Waals surface area contributed by atoms with Gasteiger partial charge in [0, 0.05) is 38.0 Å². The predicted molar refractivity (Wildman–Crippen MR) is 82.9 cm³/mol. The Morgan fingerprint density at radius 3 is 2.86 bits per heavy atom. The fourth-order valence-corrected chi connectivity index (χ4v) is 2.05. The Balaban J connectivity index is 1.69. The van der Waals surface area contributed by atoms with E-state index in [0.717, 1.165) is 5.56 Å². The van der Waals surface area contributed by atoms with Gasteiger partial charge >= 0.3 is 0 Å². The van der Waals surface area contributed by atoms with Crippen molar-refractivity contribution in [3.8, 4) is 5.75 Å². The van der Waals surface area contributed by atoms with Crippen molar-refractivity contribution in [1.82, 2.24) is 15.1 Å². The minimum atomic E-state index is -0.615. The quantitative estimate of drug-likeness (QED) is 0.818. The molecule has 0 saturated heterocycles. The summed E-state index contributed by atoms with van der Waals surface area (Å²) < 4.78 is 7.20. The first-order chi connectivity index (χ1) is 10.0. The molecular formula is C14H17Cl2N3O2. The van der Waals surface area contributed by atoms with E-state index in [2.05, 4.69) is 10.4 Å². The molecule has 0 aliphatic heterocycles. The number of ether oxygens (including phenoxy) is 1. The van der Waals surface area contributed by atoms with Crippen LogP contribution in [-0.2, 0) is 13.6 Å². The molecule has 5 nitrogen and oxygen atoms in total. The van der Waals surface area contributed by atoms with Crippen molar-refractivity contribution in [3.05, 3.63) is 46.2 Å². The van der Waals surface area contributed by atoms with Crippen LogP contribution in [0.3, 0.4) is 0 Å².